The molecule has 0 atom stereocenters. The lowest BCUT2D eigenvalue weighted by Gasteiger charge is -2.43. The summed E-state index contributed by atoms with van der Waals surface area (Å²) < 4.78 is 12.1. The van der Waals surface area contributed by atoms with E-state index in [2.05, 4.69) is 26.1 Å². The predicted molar refractivity (Wildman–Crippen MR) is 103 cm³/mol. The number of ketones is 2. The third kappa shape index (κ3) is 3.80. The summed E-state index contributed by atoms with van der Waals surface area (Å²) in [5.41, 5.74) is -0.646. The molecule has 6 nitrogen and oxygen atoms in total. The number of carbonyl (C=O) groups is 2. The maximum atomic E-state index is 13.0. The fraction of sp³-hybridized carbons (Fsp3) is 0.400. The molecule has 1 aliphatic rings. The maximum Gasteiger partial charge on any atom is 0.238 e. The Kier molecular flexibility index (Phi) is 4.94. The second-order valence-electron chi connectivity index (χ2n) is 7.60. The fourth-order valence-electron chi connectivity index (χ4n) is 3.31. The second kappa shape index (κ2) is 6.80. The van der Waals surface area contributed by atoms with Gasteiger partial charge in [0.2, 0.25) is 5.88 Å². The molecule has 0 saturated carbocycles. The van der Waals surface area contributed by atoms with Crippen LogP contribution in [0.2, 0.25) is 0 Å². The predicted octanol–water partition coefficient (Wildman–Crippen LogP) is 4.15. The third-order valence-corrected chi connectivity index (χ3v) is 5.04. The van der Waals surface area contributed by atoms with Crippen molar-refractivity contribution in [2.24, 2.45) is 0 Å². The fourth-order valence-corrected chi connectivity index (χ4v) is 3.52. The van der Waals surface area contributed by atoms with E-state index in [-0.39, 0.29) is 11.6 Å². The van der Waals surface area contributed by atoms with E-state index >= 15 is 0 Å². The van der Waals surface area contributed by atoms with Crippen molar-refractivity contribution in [1.29, 1.82) is 0 Å². The summed E-state index contributed by atoms with van der Waals surface area (Å²) in [6.45, 7) is 8.66. The van der Waals surface area contributed by atoms with Gasteiger partial charge in [-0.15, -0.1) is 10.2 Å². The van der Waals surface area contributed by atoms with E-state index in [0.717, 1.165) is 5.56 Å². The zero-order valence-electron chi connectivity index (χ0n) is 15.9. The minimum Gasteiger partial charge on any atom is -0.438 e. The Balaban J connectivity index is 2.01. The van der Waals surface area contributed by atoms with Gasteiger partial charge in [-0.1, -0.05) is 6.07 Å². The van der Waals surface area contributed by atoms with E-state index in [9.17, 15) is 9.59 Å². The molecule has 0 aliphatic carbocycles. The number of benzene rings is 1. The highest BCUT2D eigenvalue weighted by molar-refractivity contribution is 9.10. The number of Topliss-reactive ketones (excluding diaryl/α,β-unsaturated/α-hetero) is 2. The van der Waals surface area contributed by atoms with Gasteiger partial charge in [0.25, 0.3) is 0 Å². The lowest BCUT2D eigenvalue weighted by molar-refractivity contribution is -0.184. The first-order valence-corrected chi connectivity index (χ1v) is 9.37. The summed E-state index contributed by atoms with van der Waals surface area (Å²) in [5.74, 6) is -0.609. The smallest absolute Gasteiger partial charge is 0.238 e. The number of aromatic nitrogens is 2. The summed E-state index contributed by atoms with van der Waals surface area (Å²) in [5, 5.41) is 7.83. The summed E-state index contributed by atoms with van der Waals surface area (Å²) in [6, 6.07) is 8.71. The van der Waals surface area contributed by atoms with Crippen LogP contribution in [-0.2, 0) is 14.3 Å². The van der Waals surface area contributed by atoms with Crippen LogP contribution in [0.1, 0.15) is 44.7 Å². The second-order valence-corrected chi connectivity index (χ2v) is 8.41. The molecule has 1 saturated heterocycles. The average Bonchev–Trinajstić information content (AvgIpc) is 2.57. The number of hydrogen-bond donors (Lipinski definition) is 0. The van der Waals surface area contributed by atoms with Gasteiger partial charge in [-0.25, -0.2) is 0 Å². The minimum atomic E-state index is -1.05. The highest BCUT2D eigenvalue weighted by atomic mass is 79.9. The lowest BCUT2D eigenvalue weighted by Crippen LogP contribution is -2.57. The SMILES string of the molecule is Cc1ccc(Oc2ccc(Br)nn2)cc1C1C(=O)C(C)(C)OC(C)(C)C1=O. The van der Waals surface area contributed by atoms with E-state index in [1.807, 2.05) is 13.0 Å². The third-order valence-electron chi connectivity index (χ3n) is 4.61. The molecule has 142 valence electrons. The summed E-state index contributed by atoms with van der Waals surface area (Å²) in [4.78, 5) is 26.0. The van der Waals surface area contributed by atoms with Gasteiger partial charge in [-0.2, -0.15) is 0 Å². The Bertz CT molecular complexity index is 881. The van der Waals surface area contributed by atoms with Gasteiger partial charge in [-0.05, 0) is 79.9 Å². The molecule has 0 bridgehead atoms. The molecule has 0 N–H and O–H groups in total. The van der Waals surface area contributed by atoms with E-state index < -0.39 is 17.1 Å². The molecule has 7 heteroatoms. The molecule has 1 aromatic carbocycles. The van der Waals surface area contributed by atoms with Gasteiger partial charge in [0, 0.05) is 6.07 Å². The summed E-state index contributed by atoms with van der Waals surface area (Å²) >= 11 is 3.22. The Morgan fingerprint density at radius 1 is 1.00 bits per heavy atom. The van der Waals surface area contributed by atoms with Crippen molar-refractivity contribution in [2.45, 2.75) is 51.7 Å². The van der Waals surface area contributed by atoms with Crippen LogP contribution in [0.25, 0.3) is 0 Å². The van der Waals surface area contributed by atoms with Crippen molar-refractivity contribution in [1.82, 2.24) is 10.2 Å². The van der Waals surface area contributed by atoms with E-state index in [4.69, 9.17) is 9.47 Å². The molecule has 0 amide bonds. The molecular formula is C20H21BrN2O4. The summed E-state index contributed by atoms with van der Waals surface area (Å²) in [6.07, 6.45) is 0. The number of ether oxygens (including phenoxy) is 2. The zero-order valence-corrected chi connectivity index (χ0v) is 17.5. The topological polar surface area (TPSA) is 78.4 Å². The van der Waals surface area contributed by atoms with Crippen LogP contribution in [0.3, 0.4) is 0 Å². The van der Waals surface area contributed by atoms with E-state index in [0.29, 0.717) is 21.8 Å². The molecule has 0 spiro atoms. The first kappa shape index (κ1) is 19.6. The molecule has 2 aromatic rings. The number of aryl methyl sites for hydroxylation is 1. The Labute approximate surface area is 166 Å². The van der Waals surface area contributed by atoms with Crippen molar-refractivity contribution in [3.05, 3.63) is 46.1 Å². The molecular weight excluding hydrogens is 412 g/mol. The van der Waals surface area contributed by atoms with Crippen molar-refractivity contribution in [3.8, 4) is 11.6 Å². The van der Waals surface area contributed by atoms with Gasteiger partial charge in [0.05, 0.1) is 0 Å². The molecule has 0 radical (unpaired) electrons. The monoisotopic (exact) mass is 432 g/mol. The molecule has 1 aliphatic heterocycles. The molecule has 0 unspecified atom stereocenters. The van der Waals surface area contributed by atoms with E-state index in [1.54, 1.807) is 52.0 Å². The Morgan fingerprint density at radius 2 is 1.63 bits per heavy atom. The van der Waals surface area contributed by atoms with Crippen LogP contribution in [0, 0.1) is 6.92 Å². The van der Waals surface area contributed by atoms with Crippen molar-refractivity contribution in [2.75, 3.05) is 0 Å². The standard InChI is InChI=1S/C20H21BrN2O4/c1-11-6-7-12(26-15-9-8-14(21)22-23-15)10-13(11)16-17(24)19(2,3)27-20(4,5)18(16)25/h6-10,16H,1-5H3. The molecule has 1 aromatic heterocycles. The quantitative estimate of drug-likeness (QED) is 0.677. The van der Waals surface area contributed by atoms with Crippen molar-refractivity contribution < 1.29 is 19.1 Å². The zero-order chi connectivity index (χ0) is 20.0. The molecule has 3 rings (SSSR count). The van der Waals surface area contributed by atoms with Crippen LogP contribution in [-0.4, -0.2) is 33.0 Å². The summed E-state index contributed by atoms with van der Waals surface area (Å²) in [7, 11) is 0. The average molecular weight is 433 g/mol. The molecule has 2 heterocycles. The van der Waals surface area contributed by atoms with Crippen LogP contribution in [0.5, 0.6) is 11.6 Å². The van der Waals surface area contributed by atoms with Crippen LogP contribution < -0.4 is 4.74 Å². The number of halogens is 1. The minimum absolute atomic E-state index is 0.254. The van der Waals surface area contributed by atoms with Crippen molar-refractivity contribution >= 4 is 27.5 Å². The van der Waals surface area contributed by atoms with E-state index in [1.165, 1.54) is 0 Å². The highest BCUT2D eigenvalue weighted by Gasteiger charge is 2.53. The van der Waals surface area contributed by atoms with Gasteiger partial charge >= 0.3 is 0 Å². The number of rotatable bonds is 3. The normalized spacial score (nSPS) is 19.2. The van der Waals surface area contributed by atoms with Gasteiger partial charge in [-0.3, -0.25) is 9.59 Å². The maximum absolute atomic E-state index is 13.0. The largest absolute Gasteiger partial charge is 0.438 e. The van der Waals surface area contributed by atoms with Crippen LogP contribution >= 0.6 is 15.9 Å². The number of hydrogen-bond acceptors (Lipinski definition) is 6. The lowest BCUT2D eigenvalue weighted by atomic mass is 9.74. The highest BCUT2D eigenvalue weighted by Crippen LogP contribution is 2.40. The molecule has 1 fully saturated rings. The molecule has 27 heavy (non-hydrogen) atoms. The van der Waals surface area contributed by atoms with Crippen LogP contribution in [0.4, 0.5) is 0 Å². The van der Waals surface area contributed by atoms with Crippen LogP contribution in [0.15, 0.2) is 34.9 Å². The Hall–Kier alpha value is -2.12. The van der Waals surface area contributed by atoms with Crippen molar-refractivity contribution in [3.63, 3.8) is 0 Å². The first-order valence-electron chi connectivity index (χ1n) is 8.58. The number of carbonyl (C=O) groups excluding carboxylic acids is 2. The number of nitrogens with zero attached hydrogens (tertiary/aromatic N) is 2. The Morgan fingerprint density at radius 3 is 2.19 bits per heavy atom. The van der Waals surface area contributed by atoms with Gasteiger partial charge in [0.15, 0.2) is 11.6 Å². The van der Waals surface area contributed by atoms with Gasteiger partial charge < -0.3 is 9.47 Å². The van der Waals surface area contributed by atoms with Gasteiger partial charge in [0.1, 0.15) is 27.5 Å². The first-order chi connectivity index (χ1) is 12.5.